The van der Waals surface area contributed by atoms with E-state index in [-0.39, 0.29) is 10.8 Å². The molecule has 7 heteroatoms. The molecule has 0 saturated carbocycles. The maximum Gasteiger partial charge on any atom is 0.251 e. The third-order valence-corrected chi connectivity index (χ3v) is 5.33. The zero-order chi connectivity index (χ0) is 17.2. The van der Waals surface area contributed by atoms with Crippen molar-refractivity contribution in [1.82, 2.24) is 9.71 Å². The molecule has 24 heavy (non-hydrogen) atoms. The van der Waals surface area contributed by atoms with Crippen LogP contribution < -0.4 is 9.62 Å². The molecule has 1 aliphatic heterocycles. The molecule has 0 radical (unpaired) electrons. The van der Waals surface area contributed by atoms with Crippen molar-refractivity contribution in [2.45, 2.75) is 11.3 Å². The van der Waals surface area contributed by atoms with Crippen LogP contribution in [0.5, 0.6) is 0 Å². The van der Waals surface area contributed by atoms with Gasteiger partial charge in [0, 0.05) is 30.7 Å². The van der Waals surface area contributed by atoms with Crippen molar-refractivity contribution in [3.8, 4) is 0 Å². The highest BCUT2D eigenvalue weighted by Crippen LogP contribution is 2.30. The average Bonchev–Trinajstić information content (AvgIpc) is 3.04. The molecule has 6 nitrogen and oxygen atoms in total. The van der Waals surface area contributed by atoms with Crippen LogP contribution in [0.15, 0.2) is 53.7 Å². The summed E-state index contributed by atoms with van der Waals surface area (Å²) in [5.74, 6) is -0.176. The Morgan fingerprint density at radius 2 is 2.00 bits per heavy atom. The van der Waals surface area contributed by atoms with Gasteiger partial charge in [0.2, 0.25) is 10.0 Å². The summed E-state index contributed by atoms with van der Waals surface area (Å²) in [6.07, 6.45) is 7.23. The van der Waals surface area contributed by atoms with Crippen molar-refractivity contribution in [3.63, 3.8) is 0 Å². The number of amides is 1. The standard InChI is InChI=1S/C17H17N3O3S/c1-18-24(22,23)15-4-3-14-8-11-20(16(14)12-15)17(21)5-2-13-6-9-19-10-7-13/h2-7,9-10,12,18H,8,11H2,1H3/b5-2-. The molecule has 1 aromatic carbocycles. The summed E-state index contributed by atoms with van der Waals surface area (Å²) in [5.41, 5.74) is 2.50. The Morgan fingerprint density at radius 3 is 2.71 bits per heavy atom. The molecule has 0 fully saturated rings. The molecule has 0 saturated heterocycles. The molecule has 1 aliphatic rings. The summed E-state index contributed by atoms with van der Waals surface area (Å²) in [7, 11) is -2.17. The lowest BCUT2D eigenvalue weighted by molar-refractivity contribution is -0.114. The lowest BCUT2D eigenvalue weighted by Gasteiger charge is -2.16. The van der Waals surface area contributed by atoms with Gasteiger partial charge in [-0.05, 0) is 54.9 Å². The van der Waals surface area contributed by atoms with Crippen LogP contribution >= 0.6 is 0 Å². The zero-order valence-corrected chi connectivity index (χ0v) is 14.0. The van der Waals surface area contributed by atoms with E-state index in [2.05, 4.69) is 9.71 Å². The van der Waals surface area contributed by atoms with E-state index in [0.717, 1.165) is 11.1 Å². The molecular formula is C17H17N3O3S. The second-order valence-electron chi connectivity index (χ2n) is 5.35. The lowest BCUT2D eigenvalue weighted by atomic mass is 10.2. The SMILES string of the molecule is CNS(=O)(=O)c1ccc2c(c1)N(C(=O)/C=C\c1ccncc1)CC2. The first-order chi connectivity index (χ1) is 11.5. The predicted octanol–water partition coefficient (Wildman–Crippen LogP) is 1.59. The van der Waals surface area contributed by atoms with Gasteiger partial charge in [-0.1, -0.05) is 6.07 Å². The molecule has 0 aliphatic carbocycles. The monoisotopic (exact) mass is 343 g/mol. The van der Waals surface area contributed by atoms with Crippen LogP contribution in [0.2, 0.25) is 0 Å². The highest BCUT2D eigenvalue weighted by Gasteiger charge is 2.25. The number of nitrogens with zero attached hydrogens (tertiary/aromatic N) is 2. The molecule has 1 aromatic heterocycles. The molecule has 1 N–H and O–H groups in total. The largest absolute Gasteiger partial charge is 0.308 e. The Balaban J connectivity index is 1.87. The molecule has 2 heterocycles. The molecule has 3 rings (SSSR count). The molecule has 0 spiro atoms. The van der Waals surface area contributed by atoms with Gasteiger partial charge in [0.05, 0.1) is 4.90 Å². The van der Waals surface area contributed by atoms with Crippen LogP contribution in [-0.4, -0.2) is 32.9 Å². The van der Waals surface area contributed by atoms with Gasteiger partial charge < -0.3 is 4.90 Å². The first-order valence-electron chi connectivity index (χ1n) is 7.47. The summed E-state index contributed by atoms with van der Waals surface area (Å²) in [6, 6.07) is 8.48. The number of pyridine rings is 1. The number of nitrogens with one attached hydrogen (secondary N) is 1. The quantitative estimate of drug-likeness (QED) is 0.855. The van der Waals surface area contributed by atoms with Gasteiger partial charge in [-0.15, -0.1) is 0 Å². The zero-order valence-electron chi connectivity index (χ0n) is 13.1. The number of sulfonamides is 1. The van der Waals surface area contributed by atoms with Crippen LogP contribution in [0.25, 0.3) is 6.08 Å². The van der Waals surface area contributed by atoms with E-state index >= 15 is 0 Å². The number of hydrogen-bond acceptors (Lipinski definition) is 4. The van der Waals surface area contributed by atoms with Gasteiger partial charge in [0.15, 0.2) is 0 Å². The van der Waals surface area contributed by atoms with Gasteiger partial charge in [0.25, 0.3) is 5.91 Å². The van der Waals surface area contributed by atoms with Crippen molar-refractivity contribution in [1.29, 1.82) is 0 Å². The fourth-order valence-corrected chi connectivity index (χ4v) is 3.35. The van der Waals surface area contributed by atoms with Gasteiger partial charge in [-0.3, -0.25) is 9.78 Å². The smallest absolute Gasteiger partial charge is 0.251 e. The molecule has 0 bridgehead atoms. The van der Waals surface area contributed by atoms with E-state index in [9.17, 15) is 13.2 Å². The minimum absolute atomic E-state index is 0.154. The van der Waals surface area contributed by atoms with Crippen molar-refractivity contribution < 1.29 is 13.2 Å². The first-order valence-corrected chi connectivity index (χ1v) is 8.95. The Bertz CT molecular complexity index is 893. The van der Waals surface area contributed by atoms with Crippen molar-refractivity contribution in [3.05, 3.63) is 59.9 Å². The number of hydrogen-bond donors (Lipinski definition) is 1. The van der Waals surface area contributed by atoms with E-state index in [4.69, 9.17) is 0 Å². The second-order valence-corrected chi connectivity index (χ2v) is 7.24. The summed E-state index contributed by atoms with van der Waals surface area (Å²) >= 11 is 0. The summed E-state index contributed by atoms with van der Waals surface area (Å²) in [6.45, 7) is 0.540. The van der Waals surface area contributed by atoms with Crippen LogP contribution in [-0.2, 0) is 21.2 Å². The maximum absolute atomic E-state index is 12.5. The lowest BCUT2D eigenvalue weighted by Crippen LogP contribution is -2.27. The van der Waals surface area contributed by atoms with E-state index in [1.165, 1.54) is 13.1 Å². The minimum atomic E-state index is -3.54. The van der Waals surface area contributed by atoms with E-state index in [1.807, 2.05) is 0 Å². The van der Waals surface area contributed by atoms with Crippen LogP contribution in [0, 0.1) is 0 Å². The summed E-state index contributed by atoms with van der Waals surface area (Å²) in [4.78, 5) is 18.2. The number of rotatable bonds is 4. The number of aromatic nitrogens is 1. The minimum Gasteiger partial charge on any atom is -0.308 e. The molecule has 124 valence electrons. The maximum atomic E-state index is 12.5. The number of benzene rings is 1. The average molecular weight is 343 g/mol. The normalized spacial score (nSPS) is 14.1. The van der Waals surface area contributed by atoms with Crippen LogP contribution in [0.1, 0.15) is 11.1 Å². The molecule has 2 aromatic rings. The highest BCUT2D eigenvalue weighted by atomic mass is 32.2. The third-order valence-electron chi connectivity index (χ3n) is 3.92. The number of carbonyl (C=O) groups is 1. The molecule has 0 atom stereocenters. The Hall–Kier alpha value is -2.51. The Kier molecular flexibility index (Phi) is 4.46. The van der Waals surface area contributed by atoms with Crippen molar-refractivity contribution >= 4 is 27.7 Å². The number of anilines is 1. The molecule has 0 unspecified atom stereocenters. The molecular weight excluding hydrogens is 326 g/mol. The van der Waals surface area contributed by atoms with Crippen LogP contribution in [0.3, 0.4) is 0 Å². The number of fused-ring (bicyclic) bond motifs is 1. The van der Waals surface area contributed by atoms with Gasteiger partial charge in [0.1, 0.15) is 0 Å². The topological polar surface area (TPSA) is 79.4 Å². The van der Waals surface area contributed by atoms with Gasteiger partial charge in [-0.2, -0.15) is 0 Å². The van der Waals surface area contributed by atoms with Crippen LogP contribution in [0.4, 0.5) is 5.69 Å². The number of carbonyl (C=O) groups excluding carboxylic acids is 1. The van der Waals surface area contributed by atoms with Gasteiger partial charge >= 0.3 is 0 Å². The van der Waals surface area contributed by atoms with Gasteiger partial charge in [-0.25, -0.2) is 13.1 Å². The predicted molar refractivity (Wildman–Crippen MR) is 92.0 cm³/mol. The van der Waals surface area contributed by atoms with Crippen molar-refractivity contribution in [2.24, 2.45) is 0 Å². The third kappa shape index (κ3) is 3.22. The summed E-state index contributed by atoms with van der Waals surface area (Å²) in [5, 5.41) is 0. The fourth-order valence-electron chi connectivity index (χ4n) is 2.60. The molecule has 1 amide bonds. The van der Waals surface area contributed by atoms with Crippen molar-refractivity contribution in [2.75, 3.05) is 18.5 Å². The fraction of sp³-hybridized carbons (Fsp3) is 0.176. The van der Waals surface area contributed by atoms with E-state index < -0.39 is 10.0 Å². The Labute approximate surface area is 140 Å². The second kappa shape index (κ2) is 6.54. The Morgan fingerprint density at radius 1 is 1.25 bits per heavy atom. The highest BCUT2D eigenvalue weighted by molar-refractivity contribution is 7.89. The van der Waals surface area contributed by atoms with E-state index in [1.54, 1.807) is 53.7 Å². The van der Waals surface area contributed by atoms with E-state index in [0.29, 0.717) is 18.7 Å². The first kappa shape index (κ1) is 16.4. The summed E-state index contributed by atoms with van der Waals surface area (Å²) < 4.78 is 26.2.